The summed E-state index contributed by atoms with van der Waals surface area (Å²) < 4.78 is 3.07. The van der Waals surface area contributed by atoms with E-state index in [0.29, 0.717) is 6.04 Å². The molecule has 0 radical (unpaired) electrons. The zero-order chi connectivity index (χ0) is 13.8. The van der Waals surface area contributed by atoms with Crippen LogP contribution in [-0.2, 0) is 6.42 Å². The van der Waals surface area contributed by atoms with Gasteiger partial charge in [0, 0.05) is 23.0 Å². The summed E-state index contributed by atoms with van der Waals surface area (Å²) in [4.78, 5) is 4.37. The van der Waals surface area contributed by atoms with Gasteiger partial charge in [-0.05, 0) is 38.6 Å². The molecule has 2 aromatic rings. The van der Waals surface area contributed by atoms with Crippen LogP contribution in [0.2, 0.25) is 0 Å². The van der Waals surface area contributed by atoms with Gasteiger partial charge < -0.3 is 5.32 Å². The number of likely N-dealkylation sites (N-methyl/N-ethyl adjacent to an activating group) is 1. The van der Waals surface area contributed by atoms with E-state index in [-0.39, 0.29) is 6.04 Å². The van der Waals surface area contributed by atoms with E-state index in [9.17, 15) is 0 Å². The van der Waals surface area contributed by atoms with Gasteiger partial charge in [0.15, 0.2) is 0 Å². The van der Waals surface area contributed by atoms with Crippen LogP contribution in [-0.4, -0.2) is 21.8 Å². The lowest BCUT2D eigenvalue weighted by Gasteiger charge is -2.18. The second-order valence-electron chi connectivity index (χ2n) is 4.81. The SMILES string of the molecule is CNC(Cc1ncnn1C(C)C)c1cccc(Br)c1. The van der Waals surface area contributed by atoms with Crippen molar-refractivity contribution in [1.29, 1.82) is 0 Å². The van der Waals surface area contributed by atoms with Gasteiger partial charge in [-0.1, -0.05) is 28.1 Å². The minimum Gasteiger partial charge on any atom is -0.313 e. The maximum absolute atomic E-state index is 4.37. The van der Waals surface area contributed by atoms with Crippen LogP contribution in [0.25, 0.3) is 0 Å². The molecule has 19 heavy (non-hydrogen) atoms. The van der Waals surface area contributed by atoms with Crippen molar-refractivity contribution in [1.82, 2.24) is 20.1 Å². The molecule has 1 N–H and O–H groups in total. The number of aromatic nitrogens is 3. The van der Waals surface area contributed by atoms with Crippen LogP contribution in [0.1, 0.15) is 37.3 Å². The Morgan fingerprint density at radius 3 is 2.79 bits per heavy atom. The van der Waals surface area contributed by atoms with E-state index in [2.05, 4.69) is 63.4 Å². The van der Waals surface area contributed by atoms with Crippen molar-refractivity contribution in [3.63, 3.8) is 0 Å². The number of hydrogen-bond acceptors (Lipinski definition) is 3. The molecule has 0 spiro atoms. The molecule has 0 saturated carbocycles. The highest BCUT2D eigenvalue weighted by atomic mass is 79.9. The topological polar surface area (TPSA) is 42.7 Å². The number of hydrogen-bond donors (Lipinski definition) is 1. The van der Waals surface area contributed by atoms with E-state index in [1.54, 1.807) is 6.33 Å². The summed E-state index contributed by atoms with van der Waals surface area (Å²) in [5.74, 6) is 1.01. The number of nitrogens with one attached hydrogen (secondary N) is 1. The van der Waals surface area contributed by atoms with E-state index in [1.165, 1.54) is 5.56 Å². The summed E-state index contributed by atoms with van der Waals surface area (Å²) in [6.45, 7) is 4.23. The van der Waals surface area contributed by atoms with E-state index >= 15 is 0 Å². The normalized spacial score (nSPS) is 12.9. The predicted molar refractivity (Wildman–Crippen MR) is 80.1 cm³/mol. The Morgan fingerprint density at radius 2 is 2.16 bits per heavy atom. The van der Waals surface area contributed by atoms with Crippen molar-refractivity contribution in [3.05, 3.63) is 46.5 Å². The van der Waals surface area contributed by atoms with Crippen molar-refractivity contribution >= 4 is 15.9 Å². The molecule has 0 fully saturated rings. The van der Waals surface area contributed by atoms with Crippen LogP contribution in [0, 0.1) is 0 Å². The fourth-order valence-corrected chi connectivity index (χ4v) is 2.56. The highest BCUT2D eigenvalue weighted by molar-refractivity contribution is 9.10. The Labute approximate surface area is 122 Å². The molecule has 1 heterocycles. The van der Waals surface area contributed by atoms with Crippen LogP contribution in [0.5, 0.6) is 0 Å². The molecule has 5 heteroatoms. The Kier molecular flexibility index (Phi) is 4.71. The zero-order valence-corrected chi connectivity index (χ0v) is 13.1. The first kappa shape index (κ1) is 14.2. The molecule has 0 aliphatic rings. The molecule has 0 aliphatic carbocycles. The third kappa shape index (κ3) is 3.42. The summed E-state index contributed by atoms with van der Waals surface area (Å²) >= 11 is 3.51. The molecule has 1 unspecified atom stereocenters. The van der Waals surface area contributed by atoms with Crippen LogP contribution < -0.4 is 5.32 Å². The fraction of sp³-hybridized carbons (Fsp3) is 0.429. The van der Waals surface area contributed by atoms with E-state index in [4.69, 9.17) is 0 Å². The standard InChI is InChI=1S/C14H19BrN4/c1-10(2)19-14(17-9-18-19)8-13(16-3)11-5-4-6-12(15)7-11/h4-7,9-10,13,16H,8H2,1-3H3. The zero-order valence-electron chi connectivity index (χ0n) is 11.5. The van der Waals surface area contributed by atoms with Gasteiger partial charge in [-0.2, -0.15) is 5.10 Å². The highest BCUT2D eigenvalue weighted by Crippen LogP contribution is 2.21. The lowest BCUT2D eigenvalue weighted by atomic mass is 10.0. The maximum Gasteiger partial charge on any atom is 0.138 e. The fourth-order valence-electron chi connectivity index (χ4n) is 2.14. The Bertz CT molecular complexity index is 536. The van der Waals surface area contributed by atoms with Crippen LogP contribution in [0.15, 0.2) is 35.1 Å². The number of nitrogens with zero attached hydrogens (tertiary/aromatic N) is 3. The summed E-state index contributed by atoms with van der Waals surface area (Å²) in [6, 6.07) is 8.92. The minimum atomic E-state index is 0.235. The smallest absolute Gasteiger partial charge is 0.138 e. The average molecular weight is 323 g/mol. The Morgan fingerprint density at radius 1 is 1.37 bits per heavy atom. The summed E-state index contributed by atoms with van der Waals surface area (Å²) in [7, 11) is 1.97. The summed E-state index contributed by atoms with van der Waals surface area (Å²) in [6.07, 6.45) is 2.45. The lowest BCUT2D eigenvalue weighted by molar-refractivity contribution is 0.478. The van der Waals surface area contributed by atoms with Crippen LogP contribution in [0.3, 0.4) is 0 Å². The number of benzene rings is 1. The third-order valence-electron chi connectivity index (χ3n) is 3.12. The predicted octanol–water partition coefficient (Wildman–Crippen LogP) is 3.12. The summed E-state index contributed by atoms with van der Waals surface area (Å²) in [5, 5.41) is 7.63. The van der Waals surface area contributed by atoms with Gasteiger partial charge >= 0.3 is 0 Å². The molecule has 4 nitrogen and oxygen atoms in total. The largest absolute Gasteiger partial charge is 0.313 e. The number of halogens is 1. The van der Waals surface area contributed by atoms with Gasteiger partial charge in [0.2, 0.25) is 0 Å². The van der Waals surface area contributed by atoms with E-state index in [1.807, 2.05) is 17.8 Å². The van der Waals surface area contributed by atoms with Crippen LogP contribution >= 0.6 is 15.9 Å². The molecule has 1 atom stereocenters. The molecule has 102 valence electrons. The summed E-state index contributed by atoms with van der Waals surface area (Å²) in [5.41, 5.74) is 1.25. The second-order valence-corrected chi connectivity index (χ2v) is 5.73. The molecule has 0 aliphatic heterocycles. The Hall–Kier alpha value is -1.20. The molecule has 0 bridgehead atoms. The molecular formula is C14H19BrN4. The third-order valence-corrected chi connectivity index (χ3v) is 3.62. The average Bonchev–Trinajstić information content (AvgIpc) is 2.84. The van der Waals surface area contributed by atoms with Gasteiger partial charge in [0.25, 0.3) is 0 Å². The molecule has 1 aromatic carbocycles. The van der Waals surface area contributed by atoms with Crippen molar-refractivity contribution in [2.75, 3.05) is 7.05 Å². The first-order valence-electron chi connectivity index (χ1n) is 6.43. The van der Waals surface area contributed by atoms with E-state index < -0.39 is 0 Å². The molecule has 1 aromatic heterocycles. The van der Waals surface area contributed by atoms with Gasteiger partial charge in [-0.3, -0.25) is 0 Å². The highest BCUT2D eigenvalue weighted by Gasteiger charge is 2.15. The van der Waals surface area contributed by atoms with E-state index in [0.717, 1.165) is 16.7 Å². The number of rotatable bonds is 5. The second kappa shape index (κ2) is 6.30. The van der Waals surface area contributed by atoms with Crippen molar-refractivity contribution < 1.29 is 0 Å². The molecular weight excluding hydrogens is 304 g/mol. The first-order chi connectivity index (χ1) is 9.11. The lowest BCUT2D eigenvalue weighted by Crippen LogP contribution is -2.21. The Balaban J connectivity index is 2.22. The van der Waals surface area contributed by atoms with Crippen molar-refractivity contribution in [2.24, 2.45) is 0 Å². The van der Waals surface area contributed by atoms with Gasteiger partial charge in [0.05, 0.1) is 0 Å². The van der Waals surface area contributed by atoms with Crippen molar-refractivity contribution in [3.8, 4) is 0 Å². The molecule has 2 rings (SSSR count). The van der Waals surface area contributed by atoms with Crippen LogP contribution in [0.4, 0.5) is 0 Å². The van der Waals surface area contributed by atoms with Gasteiger partial charge in [-0.25, -0.2) is 9.67 Å². The minimum absolute atomic E-state index is 0.235. The first-order valence-corrected chi connectivity index (χ1v) is 7.22. The maximum atomic E-state index is 4.37. The van der Waals surface area contributed by atoms with Gasteiger partial charge in [0.1, 0.15) is 12.2 Å². The van der Waals surface area contributed by atoms with Gasteiger partial charge in [-0.15, -0.1) is 0 Å². The molecule has 0 amide bonds. The quantitative estimate of drug-likeness (QED) is 0.919. The van der Waals surface area contributed by atoms with Crippen molar-refractivity contribution in [2.45, 2.75) is 32.4 Å². The molecule has 0 saturated heterocycles. The monoisotopic (exact) mass is 322 g/mol.